The summed E-state index contributed by atoms with van der Waals surface area (Å²) in [6.07, 6.45) is 0. The van der Waals surface area contributed by atoms with Crippen LogP contribution in [0.2, 0.25) is 5.02 Å². The van der Waals surface area contributed by atoms with Crippen LogP contribution in [-0.4, -0.2) is 47.0 Å². The van der Waals surface area contributed by atoms with Crippen LogP contribution in [0.15, 0.2) is 29.6 Å². The minimum Gasteiger partial charge on any atom is -0.322 e. The van der Waals surface area contributed by atoms with Crippen LogP contribution in [0.3, 0.4) is 0 Å². The number of aromatic nitrogens is 1. The number of carbonyl (C=O) groups is 1. The van der Waals surface area contributed by atoms with Gasteiger partial charge in [-0.05, 0) is 31.2 Å². The second-order valence-electron chi connectivity index (χ2n) is 5.56. The highest BCUT2D eigenvalue weighted by molar-refractivity contribution is 7.09. The van der Waals surface area contributed by atoms with Crippen LogP contribution >= 0.6 is 22.9 Å². The number of benzene rings is 1. The van der Waals surface area contributed by atoms with E-state index in [0.29, 0.717) is 5.02 Å². The Labute approximate surface area is 144 Å². The van der Waals surface area contributed by atoms with Crippen molar-refractivity contribution in [2.45, 2.75) is 13.5 Å². The number of nitrogens with zero attached hydrogens (tertiary/aromatic N) is 3. The van der Waals surface area contributed by atoms with Crippen molar-refractivity contribution in [2.75, 3.05) is 31.5 Å². The summed E-state index contributed by atoms with van der Waals surface area (Å²) >= 11 is 7.53. The number of hydrogen-bond donors (Lipinski definition) is 1. The molecular weight excluding hydrogens is 332 g/mol. The van der Waals surface area contributed by atoms with Crippen LogP contribution in [0.5, 0.6) is 0 Å². The van der Waals surface area contributed by atoms with Gasteiger partial charge in [0.1, 0.15) is 0 Å². The van der Waals surface area contributed by atoms with Gasteiger partial charge in [-0.3, -0.25) is 4.90 Å². The molecule has 3 rings (SSSR count). The first kappa shape index (κ1) is 16.2. The van der Waals surface area contributed by atoms with E-state index in [9.17, 15) is 4.79 Å². The number of anilines is 1. The zero-order valence-corrected chi connectivity index (χ0v) is 14.5. The van der Waals surface area contributed by atoms with Crippen LogP contribution in [0, 0.1) is 6.92 Å². The maximum atomic E-state index is 12.3. The monoisotopic (exact) mass is 350 g/mol. The van der Waals surface area contributed by atoms with Crippen molar-refractivity contribution in [3.8, 4) is 0 Å². The Balaban J connectivity index is 1.48. The van der Waals surface area contributed by atoms with Gasteiger partial charge in [0, 0.05) is 48.8 Å². The minimum absolute atomic E-state index is 0.0588. The number of rotatable bonds is 3. The molecule has 23 heavy (non-hydrogen) atoms. The molecule has 0 bridgehead atoms. The average molecular weight is 351 g/mol. The standard InChI is InChI=1S/C16H19ClN4OS/c1-12-18-15(11-23-12)10-20-6-8-21(9-7-20)16(22)19-14-4-2-13(17)3-5-14/h2-5,11H,6-10H2,1H3,(H,19,22). The largest absolute Gasteiger partial charge is 0.322 e. The molecule has 7 heteroatoms. The predicted molar refractivity (Wildman–Crippen MR) is 94.2 cm³/mol. The summed E-state index contributed by atoms with van der Waals surface area (Å²) in [4.78, 5) is 20.9. The number of halogens is 1. The highest BCUT2D eigenvalue weighted by Crippen LogP contribution is 2.15. The van der Waals surface area contributed by atoms with E-state index in [2.05, 4.69) is 20.6 Å². The summed E-state index contributed by atoms with van der Waals surface area (Å²) in [7, 11) is 0. The average Bonchev–Trinajstić information content (AvgIpc) is 2.95. The molecule has 2 aromatic rings. The third-order valence-electron chi connectivity index (χ3n) is 3.81. The zero-order chi connectivity index (χ0) is 16.2. The first-order chi connectivity index (χ1) is 11.1. The Morgan fingerprint density at radius 1 is 1.26 bits per heavy atom. The fourth-order valence-corrected chi connectivity index (χ4v) is 3.28. The lowest BCUT2D eigenvalue weighted by Crippen LogP contribution is -2.49. The van der Waals surface area contributed by atoms with Gasteiger partial charge in [0.2, 0.25) is 0 Å². The van der Waals surface area contributed by atoms with E-state index in [1.807, 2.05) is 11.8 Å². The van der Waals surface area contributed by atoms with Gasteiger partial charge in [0.25, 0.3) is 0 Å². The molecule has 1 aromatic heterocycles. The molecule has 1 N–H and O–H groups in total. The van der Waals surface area contributed by atoms with Crippen LogP contribution in [0.25, 0.3) is 0 Å². The number of thiazole rings is 1. The molecule has 1 aliphatic rings. The van der Waals surface area contributed by atoms with Crippen molar-refractivity contribution in [1.82, 2.24) is 14.8 Å². The number of carbonyl (C=O) groups excluding carboxylic acids is 1. The second-order valence-corrected chi connectivity index (χ2v) is 7.06. The fourth-order valence-electron chi connectivity index (χ4n) is 2.55. The smallest absolute Gasteiger partial charge is 0.321 e. The molecule has 2 heterocycles. The van der Waals surface area contributed by atoms with E-state index in [1.54, 1.807) is 35.6 Å². The molecule has 0 aliphatic carbocycles. The summed E-state index contributed by atoms with van der Waals surface area (Å²) in [5.41, 5.74) is 1.88. The molecule has 0 saturated carbocycles. The molecule has 1 fully saturated rings. The Morgan fingerprint density at radius 2 is 1.96 bits per heavy atom. The van der Waals surface area contributed by atoms with Crippen molar-refractivity contribution in [2.24, 2.45) is 0 Å². The molecule has 5 nitrogen and oxygen atoms in total. The van der Waals surface area contributed by atoms with Crippen molar-refractivity contribution in [3.63, 3.8) is 0 Å². The Morgan fingerprint density at radius 3 is 2.57 bits per heavy atom. The fraction of sp³-hybridized carbons (Fsp3) is 0.375. The molecular formula is C16H19ClN4OS. The maximum Gasteiger partial charge on any atom is 0.321 e. The van der Waals surface area contributed by atoms with Crippen molar-refractivity contribution >= 4 is 34.7 Å². The van der Waals surface area contributed by atoms with Gasteiger partial charge in [-0.25, -0.2) is 9.78 Å². The van der Waals surface area contributed by atoms with Gasteiger partial charge in [-0.15, -0.1) is 11.3 Å². The highest BCUT2D eigenvalue weighted by Gasteiger charge is 2.21. The zero-order valence-electron chi connectivity index (χ0n) is 13.0. The lowest BCUT2D eigenvalue weighted by atomic mass is 10.3. The Bertz CT molecular complexity index is 665. The molecule has 2 amide bonds. The van der Waals surface area contributed by atoms with Gasteiger partial charge in [-0.2, -0.15) is 0 Å². The number of aryl methyl sites for hydroxylation is 1. The number of amides is 2. The molecule has 0 unspecified atom stereocenters. The van der Waals surface area contributed by atoms with Crippen molar-refractivity contribution in [1.29, 1.82) is 0 Å². The third-order valence-corrected chi connectivity index (χ3v) is 4.88. The van der Waals surface area contributed by atoms with Crippen LogP contribution in [-0.2, 0) is 6.54 Å². The van der Waals surface area contributed by atoms with Crippen molar-refractivity contribution in [3.05, 3.63) is 45.4 Å². The van der Waals surface area contributed by atoms with Gasteiger partial charge in [-0.1, -0.05) is 11.6 Å². The second kappa shape index (κ2) is 7.29. The molecule has 1 aliphatic heterocycles. The molecule has 0 radical (unpaired) electrons. The lowest BCUT2D eigenvalue weighted by Gasteiger charge is -2.34. The summed E-state index contributed by atoms with van der Waals surface area (Å²) in [6.45, 7) is 6.06. The summed E-state index contributed by atoms with van der Waals surface area (Å²) in [5.74, 6) is 0. The van der Waals surface area contributed by atoms with E-state index in [-0.39, 0.29) is 6.03 Å². The topological polar surface area (TPSA) is 48.5 Å². The first-order valence-electron chi connectivity index (χ1n) is 7.55. The normalized spacial score (nSPS) is 15.7. The van der Waals surface area contributed by atoms with Gasteiger partial charge in [0.15, 0.2) is 0 Å². The quantitative estimate of drug-likeness (QED) is 0.922. The number of piperazine rings is 1. The van der Waals surface area contributed by atoms with Crippen LogP contribution in [0.1, 0.15) is 10.7 Å². The summed E-state index contributed by atoms with van der Waals surface area (Å²) < 4.78 is 0. The highest BCUT2D eigenvalue weighted by atomic mass is 35.5. The molecule has 1 saturated heterocycles. The maximum absolute atomic E-state index is 12.3. The van der Waals surface area contributed by atoms with Crippen LogP contribution < -0.4 is 5.32 Å². The third kappa shape index (κ3) is 4.43. The van der Waals surface area contributed by atoms with E-state index in [4.69, 9.17) is 11.6 Å². The summed E-state index contributed by atoms with van der Waals surface area (Å²) in [6, 6.07) is 7.09. The molecule has 0 atom stereocenters. The van der Waals surface area contributed by atoms with Gasteiger partial charge >= 0.3 is 6.03 Å². The Hall–Kier alpha value is -1.63. The SMILES string of the molecule is Cc1nc(CN2CCN(C(=O)Nc3ccc(Cl)cc3)CC2)cs1. The lowest BCUT2D eigenvalue weighted by molar-refractivity contribution is 0.142. The predicted octanol–water partition coefficient (Wildman–Crippen LogP) is 3.45. The molecule has 0 spiro atoms. The number of nitrogens with one attached hydrogen (secondary N) is 1. The molecule has 122 valence electrons. The van der Waals surface area contributed by atoms with E-state index >= 15 is 0 Å². The van der Waals surface area contributed by atoms with E-state index < -0.39 is 0 Å². The van der Waals surface area contributed by atoms with E-state index in [0.717, 1.165) is 49.1 Å². The minimum atomic E-state index is -0.0588. The summed E-state index contributed by atoms with van der Waals surface area (Å²) in [5, 5.41) is 6.77. The van der Waals surface area contributed by atoms with Gasteiger partial charge in [0.05, 0.1) is 10.7 Å². The van der Waals surface area contributed by atoms with Crippen LogP contribution in [0.4, 0.5) is 10.5 Å². The molecule has 1 aromatic carbocycles. The van der Waals surface area contributed by atoms with E-state index in [1.165, 1.54) is 0 Å². The number of hydrogen-bond acceptors (Lipinski definition) is 4. The first-order valence-corrected chi connectivity index (χ1v) is 8.81. The van der Waals surface area contributed by atoms with Gasteiger partial charge < -0.3 is 10.2 Å². The number of urea groups is 1. The van der Waals surface area contributed by atoms with Crippen molar-refractivity contribution < 1.29 is 4.79 Å². The Kier molecular flexibility index (Phi) is 5.15.